The third-order valence-corrected chi connectivity index (χ3v) is 8.90. The summed E-state index contributed by atoms with van der Waals surface area (Å²) in [5.41, 5.74) is 7.11. The summed E-state index contributed by atoms with van der Waals surface area (Å²) in [6.07, 6.45) is 3.65. The summed E-state index contributed by atoms with van der Waals surface area (Å²) in [4.78, 5) is 30.3. The summed E-state index contributed by atoms with van der Waals surface area (Å²) in [5.74, 6) is -0.239. The van der Waals surface area contributed by atoms with Crippen molar-refractivity contribution in [3.8, 4) is 11.3 Å². The third-order valence-electron chi connectivity index (χ3n) is 8.90. The van der Waals surface area contributed by atoms with Gasteiger partial charge in [0.05, 0.1) is 11.7 Å². The summed E-state index contributed by atoms with van der Waals surface area (Å²) in [7, 11) is 2.09. The molecule has 1 aliphatic rings. The second kappa shape index (κ2) is 13.6. The van der Waals surface area contributed by atoms with E-state index >= 15 is 0 Å². The molecule has 2 amide bonds. The van der Waals surface area contributed by atoms with Crippen molar-refractivity contribution in [3.05, 3.63) is 95.1 Å². The minimum atomic E-state index is -0.624. The van der Waals surface area contributed by atoms with Crippen LogP contribution in [0.4, 0.5) is 0 Å². The molecule has 3 atom stereocenters. The van der Waals surface area contributed by atoms with Gasteiger partial charge < -0.3 is 19.5 Å². The van der Waals surface area contributed by atoms with Gasteiger partial charge in [-0.1, -0.05) is 99.8 Å². The number of ether oxygens (including phenoxy) is 1. The Morgan fingerprint density at radius 3 is 2.40 bits per heavy atom. The van der Waals surface area contributed by atoms with E-state index in [-0.39, 0.29) is 17.7 Å². The second-order valence-electron chi connectivity index (χ2n) is 11.8. The lowest BCUT2D eigenvalue weighted by molar-refractivity contribution is -0.127. The van der Waals surface area contributed by atoms with Gasteiger partial charge in [-0.3, -0.25) is 9.59 Å². The molecule has 6 heteroatoms. The molecule has 0 fully saturated rings. The van der Waals surface area contributed by atoms with Crippen molar-refractivity contribution >= 4 is 22.7 Å². The number of unbranched alkanes of at least 4 members (excludes halogenated alkanes) is 1. The Labute approximate surface area is 256 Å². The molecule has 43 heavy (non-hydrogen) atoms. The van der Waals surface area contributed by atoms with Gasteiger partial charge in [0.2, 0.25) is 5.91 Å². The molecule has 0 aliphatic carbocycles. The first-order valence-corrected chi connectivity index (χ1v) is 15.8. The fourth-order valence-electron chi connectivity index (χ4n) is 6.40. The summed E-state index contributed by atoms with van der Waals surface area (Å²) >= 11 is 0. The van der Waals surface area contributed by atoms with Crippen LogP contribution in [0.5, 0.6) is 0 Å². The molecular weight excluding hydrogens is 534 g/mol. The minimum absolute atomic E-state index is 0.0423. The van der Waals surface area contributed by atoms with Gasteiger partial charge in [0, 0.05) is 48.8 Å². The number of aromatic nitrogens is 1. The first-order chi connectivity index (χ1) is 20.9. The number of fused-ring (bicyclic) bond motifs is 2. The number of hydrogen-bond acceptors (Lipinski definition) is 3. The van der Waals surface area contributed by atoms with E-state index in [1.807, 2.05) is 23.1 Å². The number of hydrogen-bond donors (Lipinski definition) is 1. The second-order valence-corrected chi connectivity index (χ2v) is 11.8. The fourth-order valence-corrected chi connectivity index (χ4v) is 6.40. The van der Waals surface area contributed by atoms with E-state index in [2.05, 4.69) is 99.2 Å². The van der Waals surface area contributed by atoms with Gasteiger partial charge in [-0.25, -0.2) is 0 Å². The molecule has 0 spiro atoms. The van der Waals surface area contributed by atoms with Crippen molar-refractivity contribution < 1.29 is 14.3 Å². The van der Waals surface area contributed by atoms with Crippen molar-refractivity contribution in [3.63, 3.8) is 0 Å². The van der Waals surface area contributed by atoms with E-state index in [0.717, 1.165) is 65.6 Å². The van der Waals surface area contributed by atoms with Crippen LogP contribution >= 0.6 is 0 Å². The largest absolute Gasteiger partial charge is 0.381 e. The number of rotatable bonds is 13. The molecule has 3 aromatic carbocycles. The lowest BCUT2D eigenvalue weighted by atomic mass is 9.90. The lowest BCUT2D eigenvalue weighted by Gasteiger charge is -2.36. The quantitative estimate of drug-likeness (QED) is 0.168. The van der Waals surface area contributed by atoms with Crippen LogP contribution in [0.3, 0.4) is 0 Å². The number of amides is 2. The van der Waals surface area contributed by atoms with Crippen molar-refractivity contribution in [2.24, 2.45) is 13.0 Å². The Bertz CT molecular complexity index is 1570. The first kappa shape index (κ1) is 30.6. The minimum Gasteiger partial charge on any atom is -0.381 e. The maximum absolute atomic E-state index is 14.4. The Balaban J connectivity index is 1.61. The highest BCUT2D eigenvalue weighted by atomic mass is 16.5. The van der Waals surface area contributed by atoms with E-state index in [1.54, 1.807) is 0 Å². The van der Waals surface area contributed by atoms with Gasteiger partial charge in [0.1, 0.15) is 6.04 Å². The molecule has 1 aliphatic heterocycles. The van der Waals surface area contributed by atoms with Crippen LogP contribution in [0.2, 0.25) is 0 Å². The number of para-hydroxylation sites is 1. The van der Waals surface area contributed by atoms with Gasteiger partial charge in [-0.05, 0) is 48.9 Å². The normalized spacial score (nSPS) is 16.0. The zero-order valence-corrected chi connectivity index (χ0v) is 26.2. The topological polar surface area (TPSA) is 63.6 Å². The van der Waals surface area contributed by atoms with E-state index in [1.165, 1.54) is 5.56 Å². The van der Waals surface area contributed by atoms with Crippen molar-refractivity contribution in [2.75, 3.05) is 19.8 Å². The number of aryl methyl sites for hydroxylation is 2. The van der Waals surface area contributed by atoms with Gasteiger partial charge in [-0.15, -0.1) is 0 Å². The van der Waals surface area contributed by atoms with Gasteiger partial charge >= 0.3 is 0 Å². The molecule has 1 N–H and O–H groups in total. The number of nitrogens with zero attached hydrogens (tertiary/aromatic N) is 2. The average Bonchev–Trinajstić information content (AvgIpc) is 3.47. The third kappa shape index (κ3) is 5.98. The van der Waals surface area contributed by atoms with E-state index in [0.29, 0.717) is 18.7 Å². The number of benzene rings is 3. The van der Waals surface area contributed by atoms with Gasteiger partial charge in [-0.2, -0.15) is 0 Å². The smallest absolute Gasteiger partial charge is 0.255 e. The number of nitrogens with one attached hydrogen (secondary N) is 1. The fraction of sp³-hybridized carbons (Fsp3) is 0.405. The Kier molecular flexibility index (Phi) is 9.66. The molecule has 2 heterocycles. The summed E-state index contributed by atoms with van der Waals surface area (Å²) in [6, 6.07) is 23.8. The van der Waals surface area contributed by atoms with Crippen molar-refractivity contribution in [1.29, 1.82) is 0 Å². The number of carbonyl (C=O) groups excluding carboxylic acids is 2. The van der Waals surface area contributed by atoms with Crippen molar-refractivity contribution in [2.45, 2.75) is 65.5 Å². The molecular formula is C37H45N3O3. The van der Waals surface area contributed by atoms with Crippen LogP contribution in [0.1, 0.15) is 79.5 Å². The molecule has 226 valence electrons. The highest BCUT2D eigenvalue weighted by molar-refractivity contribution is 6.04. The highest BCUT2D eigenvalue weighted by Gasteiger charge is 2.47. The van der Waals surface area contributed by atoms with Crippen molar-refractivity contribution in [1.82, 2.24) is 14.8 Å². The van der Waals surface area contributed by atoms with Crippen LogP contribution in [0.15, 0.2) is 72.8 Å². The molecule has 6 nitrogen and oxygen atoms in total. The lowest BCUT2D eigenvalue weighted by Crippen LogP contribution is -2.52. The van der Waals surface area contributed by atoms with Crippen LogP contribution < -0.4 is 5.32 Å². The summed E-state index contributed by atoms with van der Waals surface area (Å²) in [5, 5.41) is 4.25. The zero-order valence-electron chi connectivity index (χ0n) is 26.2. The Morgan fingerprint density at radius 2 is 1.65 bits per heavy atom. The highest BCUT2D eigenvalue weighted by Crippen LogP contribution is 2.48. The standard InChI is InChI=1S/C37H45N3O3/c1-6-8-23-43-24-13-22-38-36(41)33(26(4)7-2)40-35(28-14-9-10-15-29(28)37(40)42)32-30-16-11-12-17-31(30)39(5)34(32)27-20-18-25(3)19-21-27/h9-12,14-21,26,33,35H,6-8,13,22-24H2,1-5H3,(H,38,41). The maximum Gasteiger partial charge on any atom is 0.255 e. The van der Waals surface area contributed by atoms with Gasteiger partial charge in [0.15, 0.2) is 0 Å². The first-order valence-electron chi connectivity index (χ1n) is 15.8. The molecule has 0 saturated heterocycles. The molecule has 5 rings (SSSR count). The van der Waals surface area contributed by atoms with E-state index < -0.39 is 12.1 Å². The van der Waals surface area contributed by atoms with Gasteiger partial charge in [0.25, 0.3) is 5.91 Å². The molecule has 3 unspecified atom stereocenters. The zero-order chi connectivity index (χ0) is 30.5. The average molecular weight is 580 g/mol. The van der Waals surface area contributed by atoms with E-state index in [4.69, 9.17) is 4.74 Å². The van der Waals surface area contributed by atoms with Crippen LogP contribution in [-0.4, -0.2) is 47.1 Å². The number of carbonyl (C=O) groups is 2. The SMILES string of the molecule is CCCCOCCCNC(=O)C(C(C)CC)N1C(=O)c2ccccc2C1c1c(-c2ccc(C)cc2)n(C)c2ccccc12. The van der Waals surface area contributed by atoms with Crippen LogP contribution in [0.25, 0.3) is 22.2 Å². The predicted octanol–water partition coefficient (Wildman–Crippen LogP) is 7.44. The Hall–Kier alpha value is -3.90. The summed E-state index contributed by atoms with van der Waals surface area (Å²) in [6.45, 7) is 10.3. The predicted molar refractivity (Wildman–Crippen MR) is 174 cm³/mol. The van der Waals surface area contributed by atoms with Crippen LogP contribution in [0, 0.1) is 12.8 Å². The monoisotopic (exact) mass is 579 g/mol. The molecule has 0 saturated carbocycles. The molecule has 1 aromatic heterocycles. The summed E-state index contributed by atoms with van der Waals surface area (Å²) < 4.78 is 7.94. The molecule has 0 radical (unpaired) electrons. The molecule has 0 bridgehead atoms. The van der Waals surface area contributed by atoms with E-state index in [9.17, 15) is 9.59 Å². The van der Waals surface area contributed by atoms with Crippen LogP contribution in [-0.2, 0) is 16.6 Å². The maximum atomic E-state index is 14.4. The molecule has 4 aromatic rings. The Morgan fingerprint density at radius 1 is 0.953 bits per heavy atom.